The van der Waals surface area contributed by atoms with Crippen molar-refractivity contribution >= 4 is 35.2 Å². The molecule has 3 N–H and O–H groups in total. The van der Waals surface area contributed by atoms with E-state index in [0.29, 0.717) is 49.5 Å². The zero-order valence-electron chi connectivity index (χ0n) is 36.3. The normalized spacial score (nSPS) is 18.7. The van der Waals surface area contributed by atoms with Crippen molar-refractivity contribution in [3.8, 4) is 11.1 Å². The number of aromatic nitrogens is 1. The maximum absolute atomic E-state index is 15.9. The molecule has 5 amide bonds. The highest BCUT2D eigenvalue weighted by atomic mass is 19.1. The molecule has 3 aromatic carbocycles. The number of ether oxygens (including phenoxy) is 1. The Kier molecular flexibility index (Phi) is 12.7. The van der Waals surface area contributed by atoms with E-state index < -0.39 is 35.5 Å². The van der Waals surface area contributed by atoms with E-state index >= 15 is 4.39 Å². The maximum atomic E-state index is 15.9. The number of piperidine rings is 1. The Morgan fingerprint density at radius 1 is 0.857 bits per heavy atom. The summed E-state index contributed by atoms with van der Waals surface area (Å²) in [5, 5.41) is 5.19. The van der Waals surface area contributed by atoms with Crippen molar-refractivity contribution in [2.24, 2.45) is 0 Å². The number of benzene rings is 3. The molecule has 3 fully saturated rings. The lowest BCUT2D eigenvalue weighted by Crippen LogP contribution is -2.54. The van der Waals surface area contributed by atoms with Crippen LogP contribution in [0.25, 0.3) is 11.1 Å². The van der Waals surface area contributed by atoms with Crippen molar-refractivity contribution in [1.29, 1.82) is 0 Å². The van der Waals surface area contributed by atoms with Crippen molar-refractivity contribution in [2.75, 3.05) is 50.8 Å². The van der Waals surface area contributed by atoms with Crippen LogP contribution >= 0.6 is 0 Å². The Labute approximate surface area is 365 Å². The zero-order valence-corrected chi connectivity index (χ0v) is 36.3. The number of hydrogen-bond acceptors (Lipinski definition) is 10. The van der Waals surface area contributed by atoms with Crippen LogP contribution in [-0.4, -0.2) is 107 Å². The number of aromatic amines is 1. The van der Waals surface area contributed by atoms with Gasteiger partial charge in [-0.2, -0.15) is 0 Å². The average Bonchev–Trinajstić information content (AvgIpc) is 3.52. The first-order chi connectivity index (χ1) is 30.3. The molecule has 4 aliphatic rings. The van der Waals surface area contributed by atoms with Gasteiger partial charge >= 0.3 is 0 Å². The van der Waals surface area contributed by atoms with Gasteiger partial charge in [0.25, 0.3) is 23.3 Å². The Morgan fingerprint density at radius 3 is 2.22 bits per heavy atom. The van der Waals surface area contributed by atoms with Crippen molar-refractivity contribution in [1.82, 2.24) is 30.3 Å². The number of imide groups is 2. The number of aryl methyl sites for hydroxylation is 2. The quantitative estimate of drug-likeness (QED) is 0.169. The number of rotatable bonds is 12. The summed E-state index contributed by atoms with van der Waals surface area (Å²) < 4.78 is 21.6. The van der Waals surface area contributed by atoms with E-state index in [1.165, 1.54) is 12.1 Å². The van der Waals surface area contributed by atoms with Crippen molar-refractivity contribution in [3.05, 3.63) is 121 Å². The standard InChI is InChI=1S/C48H54FN7O7/c1-5-55(35-14-20-63-21-15-35)40-24-34(23-37(30(40)4)44(58)50-25-38-28(2)22-29(3)51-45(38)59)32-8-6-31(7-9-32)26-53-16-18-54(19-17-53)27-33-10-11-36-42(43(33)49)48(62)56(47(36)61)39-12-13-41(57)52-46(39)60/h6-11,22-24,35,39H,5,12-21,25-27H2,1-4H3,(H,50,58)(H,51,59)(H,52,57,60). The van der Waals surface area contributed by atoms with E-state index in [9.17, 15) is 28.8 Å². The molecule has 0 bridgehead atoms. The average molecular weight is 860 g/mol. The predicted octanol–water partition coefficient (Wildman–Crippen LogP) is 4.76. The number of pyridine rings is 1. The van der Waals surface area contributed by atoms with Crippen LogP contribution in [0.5, 0.6) is 0 Å². The van der Waals surface area contributed by atoms with Gasteiger partial charge in [-0.15, -0.1) is 0 Å². The number of fused-ring (bicyclic) bond motifs is 1. The summed E-state index contributed by atoms with van der Waals surface area (Å²) >= 11 is 0. The van der Waals surface area contributed by atoms with E-state index in [1.807, 2.05) is 32.9 Å². The van der Waals surface area contributed by atoms with Crippen LogP contribution in [0.2, 0.25) is 0 Å². The Morgan fingerprint density at radius 2 is 1.56 bits per heavy atom. The van der Waals surface area contributed by atoms with Gasteiger partial charge in [-0.1, -0.05) is 30.3 Å². The first-order valence-electron chi connectivity index (χ1n) is 21.8. The number of nitrogens with zero attached hydrogens (tertiary/aromatic N) is 4. The Balaban J connectivity index is 0.935. The summed E-state index contributed by atoms with van der Waals surface area (Å²) in [6.45, 7) is 13.9. The number of piperazine rings is 1. The smallest absolute Gasteiger partial charge is 0.265 e. The highest BCUT2D eigenvalue weighted by molar-refractivity contribution is 6.23. The minimum absolute atomic E-state index is 0.00365. The maximum Gasteiger partial charge on any atom is 0.265 e. The molecule has 5 heterocycles. The number of carbonyl (C=O) groups excluding carboxylic acids is 5. The highest BCUT2D eigenvalue weighted by Gasteiger charge is 2.46. The van der Waals surface area contributed by atoms with E-state index in [-0.39, 0.29) is 54.6 Å². The second kappa shape index (κ2) is 18.4. The summed E-state index contributed by atoms with van der Waals surface area (Å²) in [6.07, 6.45) is 1.80. The second-order valence-electron chi connectivity index (χ2n) is 17.1. The van der Waals surface area contributed by atoms with Crippen LogP contribution in [0, 0.1) is 26.6 Å². The van der Waals surface area contributed by atoms with Crippen molar-refractivity contribution in [2.45, 2.75) is 85.1 Å². The fourth-order valence-corrected chi connectivity index (χ4v) is 9.48. The van der Waals surface area contributed by atoms with Gasteiger partial charge in [-0.05, 0) is 99.0 Å². The monoisotopic (exact) mass is 859 g/mol. The highest BCUT2D eigenvalue weighted by Crippen LogP contribution is 2.35. The SMILES string of the molecule is CCN(c1cc(-c2ccc(CN3CCN(Cc4ccc5c(c4F)C(=O)N(C4CCC(=O)NC4=O)C5=O)CC3)cc2)cc(C(=O)NCc2c(C)cc(C)[nH]c2=O)c1C)C1CCOCC1. The second-order valence-corrected chi connectivity index (χ2v) is 17.1. The first-order valence-corrected chi connectivity index (χ1v) is 21.8. The van der Waals surface area contributed by atoms with Gasteiger partial charge in [0.2, 0.25) is 11.8 Å². The molecule has 1 atom stereocenters. The lowest BCUT2D eigenvalue weighted by Gasteiger charge is -2.37. The third-order valence-corrected chi connectivity index (χ3v) is 13.0. The number of anilines is 1. The van der Waals surface area contributed by atoms with Crippen LogP contribution in [0.4, 0.5) is 10.1 Å². The molecule has 63 heavy (non-hydrogen) atoms. The summed E-state index contributed by atoms with van der Waals surface area (Å²) in [5.41, 5.74) is 7.31. The largest absolute Gasteiger partial charge is 0.381 e. The number of H-pyrrole nitrogens is 1. The molecule has 1 aromatic heterocycles. The van der Waals surface area contributed by atoms with E-state index in [4.69, 9.17) is 4.74 Å². The molecule has 0 saturated carbocycles. The molecule has 4 aromatic rings. The Bertz CT molecular complexity index is 2530. The predicted molar refractivity (Wildman–Crippen MR) is 235 cm³/mol. The van der Waals surface area contributed by atoms with Crippen LogP contribution in [0.15, 0.2) is 59.4 Å². The van der Waals surface area contributed by atoms with E-state index in [1.54, 1.807) is 0 Å². The molecular formula is C48H54FN7O7. The Hall–Kier alpha value is -6.03. The van der Waals surface area contributed by atoms with Crippen LogP contribution in [0.3, 0.4) is 0 Å². The van der Waals surface area contributed by atoms with Gasteiger partial charge in [-0.3, -0.25) is 48.8 Å². The minimum Gasteiger partial charge on any atom is -0.381 e. The molecule has 15 heteroatoms. The molecule has 0 aliphatic carbocycles. The number of carbonyl (C=O) groups is 5. The molecule has 330 valence electrons. The third-order valence-electron chi connectivity index (χ3n) is 13.0. The third kappa shape index (κ3) is 8.95. The van der Waals surface area contributed by atoms with Gasteiger partial charge in [0.1, 0.15) is 11.9 Å². The van der Waals surface area contributed by atoms with Crippen LogP contribution in [-0.2, 0) is 34.0 Å². The van der Waals surface area contributed by atoms with E-state index in [2.05, 4.69) is 67.6 Å². The molecule has 1 unspecified atom stereocenters. The van der Waals surface area contributed by atoms with E-state index in [0.717, 1.165) is 76.6 Å². The summed E-state index contributed by atoms with van der Waals surface area (Å²) in [5.74, 6) is -3.79. The van der Waals surface area contributed by atoms with Crippen molar-refractivity contribution < 1.29 is 33.1 Å². The van der Waals surface area contributed by atoms with Crippen molar-refractivity contribution in [3.63, 3.8) is 0 Å². The minimum atomic E-state index is -1.16. The number of hydrogen-bond donors (Lipinski definition) is 3. The van der Waals surface area contributed by atoms with Gasteiger partial charge < -0.3 is 19.9 Å². The topological polar surface area (TPSA) is 164 Å². The molecular weight excluding hydrogens is 806 g/mol. The van der Waals surface area contributed by atoms with Gasteiger partial charge in [0, 0.05) is 106 Å². The lowest BCUT2D eigenvalue weighted by atomic mass is 9.94. The summed E-state index contributed by atoms with van der Waals surface area (Å²) in [6, 6.07) is 16.5. The van der Waals surface area contributed by atoms with Gasteiger partial charge in [-0.25, -0.2) is 4.39 Å². The molecule has 8 rings (SSSR count). The van der Waals surface area contributed by atoms with Crippen LogP contribution in [0.1, 0.15) is 97.2 Å². The fourth-order valence-electron chi connectivity index (χ4n) is 9.48. The van der Waals surface area contributed by atoms with Gasteiger partial charge in [0.05, 0.1) is 11.1 Å². The molecule has 4 aliphatic heterocycles. The molecule has 0 radical (unpaired) electrons. The number of nitrogens with one attached hydrogen (secondary N) is 3. The zero-order chi connectivity index (χ0) is 44.5. The lowest BCUT2D eigenvalue weighted by molar-refractivity contribution is -0.136. The van der Waals surface area contributed by atoms with Gasteiger partial charge in [0.15, 0.2) is 0 Å². The fraction of sp³-hybridized carbons (Fsp3) is 0.417. The summed E-state index contributed by atoms with van der Waals surface area (Å²) in [4.78, 5) is 87.8. The first kappa shape index (κ1) is 43.6. The summed E-state index contributed by atoms with van der Waals surface area (Å²) in [7, 11) is 0. The molecule has 14 nitrogen and oxygen atoms in total. The molecule has 3 saturated heterocycles. The number of halogens is 1. The van der Waals surface area contributed by atoms with Crippen LogP contribution < -0.4 is 21.1 Å². The molecule has 0 spiro atoms. The number of amides is 5.